The minimum Gasteiger partial charge on any atom is -0.506 e. The largest absolute Gasteiger partial charge is 0.506 e. The maximum atomic E-state index is 10.5. The van der Waals surface area contributed by atoms with Gasteiger partial charge in [-0.3, -0.25) is 0 Å². The summed E-state index contributed by atoms with van der Waals surface area (Å²) in [5, 5.41) is 10.5. The number of aromatic hydroxyl groups is 1. The fraction of sp³-hybridized carbons (Fsp3) is 0. The SMILES string of the molecule is Oc1c(Br)cc(Br)cc1-c1nc(-c2ccccc2)c(-c2ccccc2)[nH]1. The molecule has 0 spiro atoms. The molecular weight excluding hydrogens is 456 g/mol. The molecule has 0 aliphatic carbocycles. The lowest BCUT2D eigenvalue weighted by molar-refractivity contribution is 0.473. The van der Waals surface area contributed by atoms with Crippen LogP contribution in [0.15, 0.2) is 81.7 Å². The highest BCUT2D eigenvalue weighted by Gasteiger charge is 2.18. The Labute approximate surface area is 168 Å². The third-order valence-electron chi connectivity index (χ3n) is 4.10. The highest BCUT2D eigenvalue weighted by molar-refractivity contribution is 9.11. The quantitative estimate of drug-likeness (QED) is 0.353. The van der Waals surface area contributed by atoms with Gasteiger partial charge in [0.2, 0.25) is 0 Å². The number of imidazole rings is 1. The Balaban J connectivity index is 1.96. The Bertz CT molecular complexity index is 1000. The molecule has 26 heavy (non-hydrogen) atoms. The van der Waals surface area contributed by atoms with Crippen molar-refractivity contribution in [3.05, 3.63) is 81.7 Å². The molecule has 0 bridgehead atoms. The molecule has 5 heteroatoms. The van der Waals surface area contributed by atoms with Crippen LogP contribution in [0.4, 0.5) is 0 Å². The number of H-pyrrole nitrogens is 1. The lowest BCUT2D eigenvalue weighted by Crippen LogP contribution is -1.84. The number of phenols is 1. The van der Waals surface area contributed by atoms with Crippen molar-refractivity contribution in [2.24, 2.45) is 0 Å². The second-order valence-corrected chi connectivity index (χ2v) is 7.59. The summed E-state index contributed by atoms with van der Waals surface area (Å²) >= 11 is 6.86. The molecule has 1 heterocycles. The Kier molecular flexibility index (Phi) is 4.66. The van der Waals surface area contributed by atoms with Crippen LogP contribution >= 0.6 is 31.9 Å². The van der Waals surface area contributed by atoms with Crippen molar-refractivity contribution >= 4 is 31.9 Å². The predicted molar refractivity (Wildman–Crippen MR) is 112 cm³/mol. The third kappa shape index (κ3) is 3.20. The molecule has 3 nitrogen and oxygen atoms in total. The standard InChI is InChI=1S/C21H14Br2N2O/c22-15-11-16(20(26)17(23)12-15)21-24-18(13-7-3-1-4-8-13)19(25-21)14-9-5-2-6-10-14/h1-12,26H,(H,24,25). The molecule has 3 aromatic carbocycles. The summed E-state index contributed by atoms with van der Waals surface area (Å²) in [7, 11) is 0. The summed E-state index contributed by atoms with van der Waals surface area (Å²) in [6, 6.07) is 23.7. The van der Waals surface area contributed by atoms with E-state index in [-0.39, 0.29) is 5.75 Å². The average molecular weight is 470 g/mol. The van der Waals surface area contributed by atoms with Crippen molar-refractivity contribution in [1.82, 2.24) is 9.97 Å². The van der Waals surface area contributed by atoms with Crippen LogP contribution in [0, 0.1) is 0 Å². The third-order valence-corrected chi connectivity index (χ3v) is 5.16. The topological polar surface area (TPSA) is 48.9 Å². The molecule has 0 fully saturated rings. The lowest BCUT2D eigenvalue weighted by atomic mass is 10.1. The zero-order chi connectivity index (χ0) is 18.1. The Morgan fingerprint density at radius 2 is 1.42 bits per heavy atom. The molecule has 0 unspecified atom stereocenters. The minimum atomic E-state index is 0.154. The summed E-state index contributed by atoms with van der Waals surface area (Å²) in [5.74, 6) is 0.767. The van der Waals surface area contributed by atoms with E-state index < -0.39 is 0 Å². The van der Waals surface area contributed by atoms with E-state index in [2.05, 4.69) is 36.8 Å². The van der Waals surface area contributed by atoms with Gasteiger partial charge in [-0.15, -0.1) is 0 Å². The molecule has 0 aliphatic rings. The maximum Gasteiger partial charge on any atom is 0.142 e. The molecule has 0 aliphatic heterocycles. The van der Waals surface area contributed by atoms with E-state index in [0.717, 1.165) is 27.0 Å². The predicted octanol–water partition coefficient (Wildman–Crippen LogP) is 6.64. The van der Waals surface area contributed by atoms with Crippen LogP contribution in [-0.4, -0.2) is 15.1 Å². The van der Waals surface area contributed by atoms with Gasteiger partial charge < -0.3 is 10.1 Å². The van der Waals surface area contributed by atoms with Gasteiger partial charge in [0.15, 0.2) is 0 Å². The Morgan fingerprint density at radius 3 is 2.08 bits per heavy atom. The number of aromatic amines is 1. The van der Waals surface area contributed by atoms with E-state index in [0.29, 0.717) is 15.9 Å². The number of rotatable bonds is 3. The van der Waals surface area contributed by atoms with E-state index >= 15 is 0 Å². The van der Waals surface area contributed by atoms with Gasteiger partial charge in [-0.2, -0.15) is 0 Å². The van der Waals surface area contributed by atoms with Gasteiger partial charge in [-0.05, 0) is 28.1 Å². The molecule has 4 aromatic rings. The van der Waals surface area contributed by atoms with E-state index in [1.165, 1.54) is 0 Å². The molecule has 0 atom stereocenters. The van der Waals surface area contributed by atoms with Crippen molar-refractivity contribution in [3.8, 4) is 39.7 Å². The van der Waals surface area contributed by atoms with Crippen LogP contribution in [0.3, 0.4) is 0 Å². The molecular formula is C21H14Br2N2O. The van der Waals surface area contributed by atoms with Crippen LogP contribution in [0.1, 0.15) is 0 Å². The molecule has 2 N–H and O–H groups in total. The van der Waals surface area contributed by atoms with Gasteiger partial charge in [0.05, 0.1) is 21.4 Å². The van der Waals surface area contributed by atoms with Crippen molar-refractivity contribution in [2.75, 3.05) is 0 Å². The van der Waals surface area contributed by atoms with E-state index in [9.17, 15) is 5.11 Å². The Morgan fingerprint density at radius 1 is 0.808 bits per heavy atom. The zero-order valence-corrected chi connectivity index (χ0v) is 16.8. The van der Waals surface area contributed by atoms with Gasteiger partial charge in [0, 0.05) is 15.6 Å². The molecule has 0 radical (unpaired) electrons. The zero-order valence-electron chi connectivity index (χ0n) is 13.6. The summed E-state index contributed by atoms with van der Waals surface area (Å²) < 4.78 is 1.47. The highest BCUT2D eigenvalue weighted by atomic mass is 79.9. The normalized spacial score (nSPS) is 10.8. The number of nitrogens with one attached hydrogen (secondary N) is 1. The van der Waals surface area contributed by atoms with Gasteiger partial charge in [-0.1, -0.05) is 76.6 Å². The molecule has 128 valence electrons. The van der Waals surface area contributed by atoms with Crippen LogP contribution < -0.4 is 0 Å². The smallest absolute Gasteiger partial charge is 0.142 e. The van der Waals surface area contributed by atoms with E-state index in [1.54, 1.807) is 6.07 Å². The second-order valence-electron chi connectivity index (χ2n) is 5.82. The van der Waals surface area contributed by atoms with Crippen molar-refractivity contribution < 1.29 is 5.11 Å². The minimum absolute atomic E-state index is 0.154. The van der Waals surface area contributed by atoms with Gasteiger partial charge in [0.1, 0.15) is 11.6 Å². The lowest BCUT2D eigenvalue weighted by Gasteiger charge is -2.05. The molecule has 0 saturated carbocycles. The number of aromatic nitrogens is 2. The van der Waals surface area contributed by atoms with Gasteiger partial charge in [-0.25, -0.2) is 4.98 Å². The first-order chi connectivity index (χ1) is 12.6. The fourth-order valence-corrected chi connectivity index (χ4v) is 4.09. The number of benzene rings is 3. The van der Waals surface area contributed by atoms with Crippen LogP contribution in [0.5, 0.6) is 5.75 Å². The van der Waals surface area contributed by atoms with Crippen LogP contribution in [0.25, 0.3) is 33.9 Å². The fourth-order valence-electron chi connectivity index (χ4n) is 2.87. The number of hydrogen-bond donors (Lipinski definition) is 2. The summed E-state index contributed by atoms with van der Waals surface area (Å²) in [4.78, 5) is 8.21. The highest BCUT2D eigenvalue weighted by Crippen LogP contribution is 2.40. The first-order valence-corrected chi connectivity index (χ1v) is 9.61. The summed E-state index contributed by atoms with van der Waals surface area (Å²) in [6.45, 7) is 0. The molecule has 1 aromatic heterocycles. The summed E-state index contributed by atoms with van der Waals surface area (Å²) in [5.41, 5.74) is 4.45. The Hall–Kier alpha value is -2.37. The summed E-state index contributed by atoms with van der Waals surface area (Å²) in [6.07, 6.45) is 0. The van der Waals surface area contributed by atoms with Gasteiger partial charge in [0.25, 0.3) is 0 Å². The van der Waals surface area contributed by atoms with E-state index in [4.69, 9.17) is 4.98 Å². The van der Waals surface area contributed by atoms with Gasteiger partial charge >= 0.3 is 0 Å². The van der Waals surface area contributed by atoms with E-state index in [1.807, 2.05) is 66.7 Å². The van der Waals surface area contributed by atoms with Crippen molar-refractivity contribution in [3.63, 3.8) is 0 Å². The second kappa shape index (κ2) is 7.09. The maximum absolute atomic E-state index is 10.5. The first-order valence-electron chi connectivity index (χ1n) is 8.02. The first kappa shape index (κ1) is 17.1. The number of hydrogen-bond acceptors (Lipinski definition) is 2. The number of phenolic OH excluding ortho intramolecular Hbond substituents is 1. The average Bonchev–Trinajstić information content (AvgIpc) is 3.11. The monoisotopic (exact) mass is 468 g/mol. The van der Waals surface area contributed by atoms with Crippen LogP contribution in [0.2, 0.25) is 0 Å². The molecule has 0 saturated heterocycles. The number of nitrogens with zero attached hydrogens (tertiary/aromatic N) is 1. The number of halogens is 2. The van der Waals surface area contributed by atoms with Crippen LogP contribution in [-0.2, 0) is 0 Å². The van der Waals surface area contributed by atoms with Crippen molar-refractivity contribution in [2.45, 2.75) is 0 Å². The molecule has 0 amide bonds. The molecule has 4 rings (SSSR count). The van der Waals surface area contributed by atoms with Crippen molar-refractivity contribution in [1.29, 1.82) is 0 Å².